The van der Waals surface area contributed by atoms with Gasteiger partial charge in [0.05, 0.1) is 36.1 Å². The Labute approximate surface area is 461 Å². The predicted molar refractivity (Wildman–Crippen MR) is 301 cm³/mol. The average Bonchev–Trinajstić information content (AvgIpc) is 1.93. The van der Waals surface area contributed by atoms with Crippen molar-refractivity contribution in [2.75, 3.05) is 0 Å². The normalized spacial score (nSPS) is 14.1. The SMILES string of the molecule is [2H]C([2H])(c1cc(-c2ccccc2-c2cnc(-c3[c-]cccc3)cc2-c2ccc3c(c2)oc2ccccc23)cc(C([2H])([2H])C([2H])([2H])c2cnc3c4[c-]cccc4n4cncc4c3c2)c1)C([2H])([2H])c1cnc2c3[c-]cccc3n3cncc3c2c1.[Ir+3]. The van der Waals surface area contributed by atoms with Crippen LogP contribution in [0.5, 0.6) is 0 Å². The number of aryl methyl sites for hydroxylation is 4. The van der Waals surface area contributed by atoms with Crippen LogP contribution in [0.2, 0.25) is 0 Å². The number of pyridine rings is 5. The number of benzene rings is 7. The van der Waals surface area contributed by atoms with Gasteiger partial charge in [-0.2, -0.15) is 0 Å². The molecule has 0 spiro atoms. The van der Waals surface area contributed by atoms with Crippen LogP contribution in [0.4, 0.5) is 0 Å². The minimum atomic E-state index is -2.93. The van der Waals surface area contributed by atoms with Crippen molar-refractivity contribution in [3.05, 3.63) is 248 Å². The standard InChI is InChI=1S/C67H42N7O.Ir/c1-2-12-46(13-3-1)59-34-55(47-26-27-52-51-16-8-11-21-64(51)75-65(52)33-47)58(37-70-59)50-15-5-4-14-49(50)48-29-42(22-24-44-31-56-62-38-68-40-73(62)60-19-9-6-17-53(60)66(56)71-35-44)28-43(30-48)23-25-45-32-57-63-39-69-41-74(63)61-20-10-7-18-54(61)67(57)72-36-45;/h1-12,14-16,19-21,26-41H,22-25H2;/q-3;+3/i22D2,23D2,24D2,25D2;. The molecule has 0 aliphatic rings. The fraction of sp³-hybridized carbons (Fsp3) is 0.0597. The molecule has 360 valence electrons. The van der Waals surface area contributed by atoms with Gasteiger partial charge in [-0.25, -0.2) is 9.97 Å². The maximum atomic E-state index is 10.0. The van der Waals surface area contributed by atoms with Crippen LogP contribution >= 0.6 is 0 Å². The van der Waals surface area contributed by atoms with Gasteiger partial charge in [-0.05, 0) is 132 Å². The van der Waals surface area contributed by atoms with E-state index < -0.39 is 25.5 Å². The van der Waals surface area contributed by atoms with Crippen LogP contribution in [0.3, 0.4) is 0 Å². The molecule has 15 aromatic rings. The fourth-order valence-corrected chi connectivity index (χ4v) is 10.6. The van der Waals surface area contributed by atoms with E-state index in [-0.39, 0.29) is 42.4 Å². The van der Waals surface area contributed by atoms with E-state index in [1.54, 1.807) is 55.5 Å². The molecule has 0 unspecified atom stereocenters. The van der Waals surface area contributed by atoms with Gasteiger partial charge in [-0.3, -0.25) is 0 Å². The number of rotatable bonds is 10. The molecule has 0 saturated carbocycles. The summed E-state index contributed by atoms with van der Waals surface area (Å²) in [4.78, 5) is 23.3. The zero-order valence-corrected chi connectivity index (χ0v) is 42.4. The minimum Gasteiger partial charge on any atom is -0.456 e. The van der Waals surface area contributed by atoms with Crippen LogP contribution in [0.25, 0.3) is 121 Å². The van der Waals surface area contributed by atoms with E-state index in [4.69, 9.17) is 19.4 Å². The molecule has 8 nitrogen and oxygen atoms in total. The summed E-state index contributed by atoms with van der Waals surface area (Å²) in [6.07, 6.45) is -0.444. The van der Waals surface area contributed by atoms with Crippen molar-refractivity contribution in [1.82, 2.24) is 33.7 Å². The maximum absolute atomic E-state index is 10.0. The van der Waals surface area contributed by atoms with Crippen molar-refractivity contribution >= 4 is 76.6 Å². The third-order valence-corrected chi connectivity index (χ3v) is 14.0. The Morgan fingerprint density at radius 3 is 1.70 bits per heavy atom. The van der Waals surface area contributed by atoms with Gasteiger partial charge in [-0.1, -0.05) is 84.9 Å². The van der Waals surface area contributed by atoms with Crippen LogP contribution in [-0.2, 0) is 45.6 Å². The number of imidazole rings is 2. The molecule has 9 heteroatoms. The van der Waals surface area contributed by atoms with Gasteiger partial charge in [-0.15, -0.1) is 95.2 Å². The second-order valence-corrected chi connectivity index (χ2v) is 18.4. The Morgan fingerprint density at radius 2 is 1.03 bits per heavy atom. The second kappa shape index (κ2) is 18.7. The number of fused-ring (bicyclic) bond motifs is 15. The van der Waals surface area contributed by atoms with Crippen molar-refractivity contribution in [3.8, 4) is 44.6 Å². The molecule has 15 rings (SSSR count). The predicted octanol–water partition coefficient (Wildman–Crippen LogP) is 15.3. The number of hydrogen-bond acceptors (Lipinski definition) is 6. The van der Waals surface area contributed by atoms with Crippen molar-refractivity contribution in [3.63, 3.8) is 0 Å². The van der Waals surface area contributed by atoms with Gasteiger partial charge in [0.15, 0.2) is 0 Å². The Hall–Kier alpha value is -9.14. The smallest absolute Gasteiger partial charge is 0.456 e. The molecule has 8 aromatic heterocycles. The molecule has 0 saturated heterocycles. The molecule has 7 aromatic carbocycles. The van der Waals surface area contributed by atoms with Crippen LogP contribution in [0.1, 0.15) is 33.2 Å². The molecule has 0 atom stereocenters. The summed E-state index contributed by atoms with van der Waals surface area (Å²) in [6.45, 7) is 0. The summed E-state index contributed by atoms with van der Waals surface area (Å²) < 4.78 is 89.7. The van der Waals surface area contributed by atoms with Gasteiger partial charge in [0, 0.05) is 45.9 Å². The maximum Gasteiger partial charge on any atom is 3.00 e. The van der Waals surface area contributed by atoms with Gasteiger partial charge < -0.3 is 28.2 Å². The molecule has 0 aliphatic heterocycles. The van der Waals surface area contributed by atoms with E-state index >= 15 is 0 Å². The summed E-state index contributed by atoms with van der Waals surface area (Å²) >= 11 is 0. The number of furan rings is 1. The first kappa shape index (κ1) is 37.6. The monoisotopic (exact) mass is 1160 g/mol. The molecule has 0 amide bonds. The number of hydrogen-bond donors (Lipinski definition) is 0. The van der Waals surface area contributed by atoms with E-state index in [1.807, 2.05) is 130 Å². The first-order valence-corrected chi connectivity index (χ1v) is 24.4. The molecule has 8 heterocycles. The summed E-state index contributed by atoms with van der Waals surface area (Å²) in [5.41, 5.74) is 9.90. The van der Waals surface area contributed by atoms with Gasteiger partial charge in [0.25, 0.3) is 0 Å². The van der Waals surface area contributed by atoms with E-state index in [0.717, 1.165) is 44.1 Å². The molecular weight excluding hydrogens is 1110 g/mol. The zero-order valence-electron chi connectivity index (χ0n) is 48.0. The van der Waals surface area contributed by atoms with Crippen molar-refractivity contribution in [2.24, 2.45) is 0 Å². The van der Waals surface area contributed by atoms with E-state index in [9.17, 15) is 11.0 Å². The molecule has 0 bridgehead atoms. The number of nitrogens with zero attached hydrogens (tertiary/aromatic N) is 7. The average molecular weight is 1160 g/mol. The van der Waals surface area contributed by atoms with Crippen LogP contribution < -0.4 is 0 Å². The number of aromatic nitrogens is 7. The third kappa shape index (κ3) is 7.74. The summed E-state index contributed by atoms with van der Waals surface area (Å²) in [5.74, 6) is 0. The van der Waals surface area contributed by atoms with Gasteiger partial charge in [0.2, 0.25) is 0 Å². The molecule has 0 N–H and O–H groups in total. The Morgan fingerprint density at radius 1 is 0.421 bits per heavy atom. The van der Waals surface area contributed by atoms with E-state index in [1.165, 1.54) is 30.6 Å². The van der Waals surface area contributed by atoms with Crippen molar-refractivity contribution in [2.45, 2.75) is 25.5 Å². The van der Waals surface area contributed by atoms with Crippen molar-refractivity contribution in [1.29, 1.82) is 0 Å². The summed E-state index contributed by atoms with van der Waals surface area (Å²) in [7, 11) is 0. The molecular formula is C67H42IrN7O. The van der Waals surface area contributed by atoms with Crippen molar-refractivity contribution < 1.29 is 35.5 Å². The van der Waals surface area contributed by atoms with Crippen LogP contribution in [-0.4, -0.2) is 33.7 Å². The minimum absolute atomic E-state index is 0. The zero-order chi connectivity index (χ0) is 56.6. The topological polar surface area (TPSA) is 86.4 Å². The Balaban J connectivity index is 0.00000627. The Kier molecular flexibility index (Phi) is 9.22. The second-order valence-electron chi connectivity index (χ2n) is 18.4. The largest absolute Gasteiger partial charge is 3.00 e. The van der Waals surface area contributed by atoms with E-state index in [2.05, 4.69) is 28.2 Å². The number of para-hydroxylation sites is 1. The summed E-state index contributed by atoms with van der Waals surface area (Å²) in [5, 5.41) is 4.36. The molecule has 0 fully saturated rings. The summed E-state index contributed by atoms with van der Waals surface area (Å²) in [6, 6.07) is 59.5. The van der Waals surface area contributed by atoms with Gasteiger partial charge in [0.1, 0.15) is 11.2 Å². The van der Waals surface area contributed by atoms with Crippen LogP contribution in [0, 0.1) is 18.2 Å². The first-order chi connectivity index (χ1) is 40.2. The third-order valence-electron chi connectivity index (χ3n) is 14.0. The Bertz CT molecular complexity index is 4960. The van der Waals surface area contributed by atoms with E-state index in [0.29, 0.717) is 77.1 Å². The molecule has 76 heavy (non-hydrogen) atoms. The van der Waals surface area contributed by atoms with Gasteiger partial charge >= 0.3 is 20.1 Å². The molecule has 0 radical (unpaired) electrons. The quantitative estimate of drug-likeness (QED) is 0.100. The molecule has 0 aliphatic carbocycles. The first-order valence-electron chi connectivity index (χ1n) is 28.4. The fourth-order valence-electron chi connectivity index (χ4n) is 10.6. The van der Waals surface area contributed by atoms with Crippen LogP contribution in [0.15, 0.2) is 212 Å².